The summed E-state index contributed by atoms with van der Waals surface area (Å²) in [6.07, 6.45) is 7.41. The maximum atomic E-state index is 12.1. The molecule has 0 unspecified atom stereocenters. The van der Waals surface area contributed by atoms with Crippen LogP contribution in [0.4, 0.5) is 5.69 Å². The van der Waals surface area contributed by atoms with E-state index < -0.39 is 5.92 Å². The number of nitrogens with zero attached hydrogens (tertiary/aromatic N) is 1. The number of carbonyl (C=O) groups excluding carboxylic acids is 1. The molecule has 3 nitrogen and oxygen atoms in total. The lowest BCUT2D eigenvalue weighted by Gasteiger charge is -2.21. The molecule has 1 aliphatic carbocycles. The molecule has 3 rings (SSSR count). The van der Waals surface area contributed by atoms with Gasteiger partial charge in [0, 0.05) is 24.2 Å². The molecule has 0 saturated carbocycles. The first-order valence-corrected chi connectivity index (χ1v) is 7.73. The number of cyclic esters (lactones) is 1. The van der Waals surface area contributed by atoms with Gasteiger partial charge in [-0.3, -0.25) is 4.79 Å². The summed E-state index contributed by atoms with van der Waals surface area (Å²) in [5.74, 6) is 5.02. The highest BCUT2D eigenvalue weighted by Gasteiger charge is 2.22. The van der Waals surface area contributed by atoms with Gasteiger partial charge in [-0.15, -0.1) is 0 Å². The number of fused-ring (bicyclic) bond motifs is 3. The molecule has 1 heterocycles. The van der Waals surface area contributed by atoms with Crippen LogP contribution in [0.3, 0.4) is 0 Å². The molecule has 1 aromatic carbocycles. The summed E-state index contributed by atoms with van der Waals surface area (Å²) in [6.45, 7) is 0.739. The van der Waals surface area contributed by atoms with Gasteiger partial charge in [0.15, 0.2) is 6.61 Å². The molecule has 2 aliphatic rings. The Morgan fingerprint density at radius 3 is 3.00 bits per heavy atom. The number of hydrogen-bond acceptors (Lipinski definition) is 3. The number of likely N-dealkylation sites (N-methyl/N-ethyl adjacent to an activating group) is 1. The minimum absolute atomic E-state index is 0.0473. The number of hydrogen-bond donors (Lipinski definition) is 0. The summed E-state index contributed by atoms with van der Waals surface area (Å²) in [6, 6.07) is 7.93. The fourth-order valence-corrected chi connectivity index (χ4v) is 2.78. The van der Waals surface area contributed by atoms with Gasteiger partial charge in [-0.05, 0) is 23.8 Å². The predicted octanol–water partition coefficient (Wildman–Crippen LogP) is 3.27. The maximum Gasteiger partial charge on any atom is 0.319 e. The Bertz CT molecular complexity index is 780. The topological polar surface area (TPSA) is 29.5 Å². The average Bonchev–Trinajstić information content (AvgIpc) is 2.73. The van der Waals surface area contributed by atoms with Gasteiger partial charge in [-0.1, -0.05) is 53.8 Å². The van der Waals surface area contributed by atoms with Crippen LogP contribution in [0.2, 0.25) is 0 Å². The number of halogens is 1. The van der Waals surface area contributed by atoms with Gasteiger partial charge in [0.25, 0.3) is 0 Å². The van der Waals surface area contributed by atoms with Crippen LogP contribution < -0.4 is 4.90 Å². The molecule has 23 heavy (non-hydrogen) atoms. The molecular weight excluding hydrogens is 310 g/mol. The van der Waals surface area contributed by atoms with E-state index in [4.69, 9.17) is 16.3 Å². The highest BCUT2D eigenvalue weighted by atomic mass is 35.5. The summed E-state index contributed by atoms with van der Waals surface area (Å²) in [5.41, 5.74) is 3.01. The van der Waals surface area contributed by atoms with Crippen LogP contribution in [-0.4, -0.2) is 26.2 Å². The van der Waals surface area contributed by atoms with Crippen molar-refractivity contribution in [3.63, 3.8) is 0 Å². The molecular formula is C19H16ClNO2. The lowest BCUT2D eigenvalue weighted by molar-refractivity contribution is -0.143. The first-order valence-electron chi connectivity index (χ1n) is 7.35. The highest BCUT2D eigenvalue weighted by Crippen LogP contribution is 2.25. The van der Waals surface area contributed by atoms with E-state index in [9.17, 15) is 4.79 Å². The number of ether oxygens (including phenoxy) is 1. The van der Waals surface area contributed by atoms with Crippen molar-refractivity contribution in [2.24, 2.45) is 5.92 Å². The molecule has 0 fully saturated rings. The summed E-state index contributed by atoms with van der Waals surface area (Å²) >= 11 is 6.21. The van der Waals surface area contributed by atoms with Gasteiger partial charge in [0.2, 0.25) is 0 Å². The minimum atomic E-state index is -0.569. The van der Waals surface area contributed by atoms with E-state index in [1.807, 2.05) is 43.5 Å². The zero-order chi connectivity index (χ0) is 16.2. The first-order chi connectivity index (χ1) is 11.1. The Balaban J connectivity index is 2.03. The lowest BCUT2D eigenvalue weighted by atomic mass is 10.1. The molecule has 0 radical (unpaired) electrons. The molecule has 0 amide bonds. The molecule has 0 N–H and O–H groups in total. The molecule has 0 aromatic heterocycles. The van der Waals surface area contributed by atoms with Gasteiger partial charge >= 0.3 is 5.97 Å². The zero-order valence-electron chi connectivity index (χ0n) is 12.8. The van der Waals surface area contributed by atoms with Gasteiger partial charge in [-0.2, -0.15) is 0 Å². The smallest absolute Gasteiger partial charge is 0.319 e. The van der Waals surface area contributed by atoms with Crippen LogP contribution in [-0.2, 0) is 9.53 Å². The Morgan fingerprint density at radius 2 is 2.13 bits per heavy atom. The van der Waals surface area contributed by atoms with Gasteiger partial charge in [0.05, 0.1) is 5.69 Å². The second-order valence-electron chi connectivity index (χ2n) is 5.41. The second kappa shape index (κ2) is 6.76. The van der Waals surface area contributed by atoms with Gasteiger partial charge in [-0.25, -0.2) is 0 Å². The van der Waals surface area contributed by atoms with Crippen LogP contribution >= 0.6 is 11.6 Å². The maximum absolute atomic E-state index is 12.1. The van der Waals surface area contributed by atoms with Crippen LogP contribution in [0.5, 0.6) is 0 Å². The van der Waals surface area contributed by atoms with E-state index in [1.54, 1.807) is 12.2 Å². The van der Waals surface area contributed by atoms with E-state index in [-0.39, 0.29) is 12.6 Å². The predicted molar refractivity (Wildman–Crippen MR) is 92.2 cm³/mol. The molecule has 0 spiro atoms. The Labute approximate surface area is 140 Å². The largest absolute Gasteiger partial charge is 0.452 e. The van der Waals surface area contributed by atoms with E-state index in [1.165, 1.54) is 0 Å². The van der Waals surface area contributed by atoms with E-state index in [2.05, 4.69) is 16.7 Å². The normalized spacial score (nSPS) is 20.5. The third-order valence-electron chi connectivity index (χ3n) is 3.76. The lowest BCUT2D eigenvalue weighted by Crippen LogP contribution is -2.20. The number of allylic oxidation sites excluding steroid dienone is 2. The molecule has 1 atom stereocenters. The average molecular weight is 326 g/mol. The monoisotopic (exact) mass is 325 g/mol. The molecule has 116 valence electrons. The highest BCUT2D eigenvalue weighted by molar-refractivity contribution is 6.31. The van der Waals surface area contributed by atoms with Crippen molar-refractivity contribution in [1.29, 1.82) is 0 Å². The number of anilines is 1. The second-order valence-corrected chi connectivity index (χ2v) is 5.85. The van der Waals surface area contributed by atoms with Crippen molar-refractivity contribution >= 4 is 23.3 Å². The van der Waals surface area contributed by atoms with E-state index in [0.717, 1.165) is 16.8 Å². The van der Waals surface area contributed by atoms with Crippen LogP contribution in [0.15, 0.2) is 59.2 Å². The number of rotatable bonds is 0. The molecule has 0 saturated heterocycles. The zero-order valence-corrected chi connectivity index (χ0v) is 13.5. The standard InChI is InChI=1S/C19H16ClNO2/c1-21-13-14-8-10-16(17(20)11-9-14)19(22)23-12-4-6-15-5-2-3-7-18(15)21/h2-3,5,7-11,16H,12-13H2,1H3/t16-/m1/s1. The Morgan fingerprint density at radius 1 is 1.30 bits per heavy atom. The number of para-hydroxylation sites is 1. The van der Waals surface area contributed by atoms with Crippen molar-refractivity contribution in [3.05, 3.63) is 64.7 Å². The van der Waals surface area contributed by atoms with Crippen molar-refractivity contribution in [1.82, 2.24) is 0 Å². The SMILES string of the molecule is CN1CC2=CC=C(Cl)[C@@H](C=C2)C(=O)OCC#Cc2ccccc21. The number of benzene rings is 1. The van der Waals surface area contributed by atoms with E-state index in [0.29, 0.717) is 11.6 Å². The summed E-state index contributed by atoms with van der Waals surface area (Å²) in [7, 11) is 2.02. The van der Waals surface area contributed by atoms with Crippen molar-refractivity contribution < 1.29 is 9.53 Å². The number of carbonyl (C=O) groups is 1. The van der Waals surface area contributed by atoms with E-state index >= 15 is 0 Å². The summed E-state index contributed by atoms with van der Waals surface area (Å²) in [4.78, 5) is 14.3. The first kappa shape index (κ1) is 15.5. The third kappa shape index (κ3) is 3.49. The Hall–Kier alpha value is -2.44. The quantitative estimate of drug-likeness (QED) is 0.541. The molecule has 1 aromatic rings. The fraction of sp³-hybridized carbons (Fsp3) is 0.211. The van der Waals surface area contributed by atoms with Gasteiger partial charge in [0.1, 0.15) is 5.92 Å². The number of esters is 1. The fourth-order valence-electron chi connectivity index (χ4n) is 2.55. The summed E-state index contributed by atoms with van der Waals surface area (Å²) in [5, 5.41) is 0.453. The van der Waals surface area contributed by atoms with Crippen LogP contribution in [0, 0.1) is 17.8 Å². The summed E-state index contributed by atoms with van der Waals surface area (Å²) < 4.78 is 5.23. The van der Waals surface area contributed by atoms with Crippen molar-refractivity contribution in [2.75, 3.05) is 25.1 Å². The minimum Gasteiger partial charge on any atom is -0.452 e. The molecule has 2 bridgehead atoms. The third-order valence-corrected chi connectivity index (χ3v) is 4.12. The van der Waals surface area contributed by atoms with Crippen molar-refractivity contribution in [3.8, 4) is 11.8 Å². The Kier molecular flexibility index (Phi) is 4.55. The van der Waals surface area contributed by atoms with Crippen molar-refractivity contribution in [2.45, 2.75) is 0 Å². The van der Waals surface area contributed by atoms with Crippen LogP contribution in [0.1, 0.15) is 5.56 Å². The van der Waals surface area contributed by atoms with Gasteiger partial charge < -0.3 is 9.64 Å². The van der Waals surface area contributed by atoms with Crippen LogP contribution in [0.25, 0.3) is 0 Å². The molecule has 4 heteroatoms. The molecule has 1 aliphatic heterocycles.